The molecule has 0 saturated carbocycles. The molecule has 0 aliphatic rings. The van der Waals surface area contributed by atoms with Crippen LogP contribution in [0.15, 0.2) is 30.3 Å². The first-order valence-electron chi connectivity index (χ1n) is 6.13. The fourth-order valence-electron chi connectivity index (χ4n) is 1.69. The first-order chi connectivity index (χ1) is 10.1. The minimum atomic E-state index is -1.23. The normalized spacial score (nSPS) is 10.3. The van der Waals surface area contributed by atoms with Gasteiger partial charge < -0.3 is 14.9 Å². The smallest absolute Gasteiger partial charge is 0.358 e. The van der Waals surface area contributed by atoms with Crippen LogP contribution in [0.2, 0.25) is 0 Å². The number of aliphatic carboxylic acids is 1. The summed E-state index contributed by atoms with van der Waals surface area (Å²) in [5, 5.41) is 25.0. The van der Waals surface area contributed by atoms with E-state index in [1.165, 1.54) is 4.68 Å². The number of carboxylic acids is 2. The summed E-state index contributed by atoms with van der Waals surface area (Å²) in [5.41, 5.74) is -0.0103. The molecule has 0 aliphatic heterocycles. The summed E-state index contributed by atoms with van der Waals surface area (Å²) in [7, 11) is 0. The predicted molar refractivity (Wildman–Crippen MR) is 70.0 cm³/mol. The Morgan fingerprint density at radius 3 is 2.52 bits per heavy atom. The van der Waals surface area contributed by atoms with Crippen LogP contribution in [-0.4, -0.2) is 37.1 Å². The molecule has 0 saturated heterocycles. The van der Waals surface area contributed by atoms with Crippen molar-refractivity contribution in [3.8, 4) is 5.75 Å². The van der Waals surface area contributed by atoms with Gasteiger partial charge in [-0.05, 0) is 12.1 Å². The molecule has 1 heterocycles. The lowest BCUT2D eigenvalue weighted by molar-refractivity contribution is -0.137. The molecule has 0 radical (unpaired) electrons. The molecule has 1 aromatic carbocycles. The van der Waals surface area contributed by atoms with Crippen molar-refractivity contribution >= 4 is 11.9 Å². The third kappa shape index (κ3) is 3.78. The zero-order valence-electron chi connectivity index (χ0n) is 11.0. The molecule has 0 spiro atoms. The third-order valence-electron chi connectivity index (χ3n) is 2.70. The van der Waals surface area contributed by atoms with Crippen LogP contribution in [0, 0.1) is 0 Å². The molecular formula is C13H13N3O5. The molecule has 0 aliphatic carbocycles. The Morgan fingerprint density at radius 2 is 1.90 bits per heavy atom. The highest BCUT2D eigenvalue weighted by atomic mass is 16.5. The molecule has 0 bridgehead atoms. The van der Waals surface area contributed by atoms with Gasteiger partial charge in [-0.25, -0.2) is 9.48 Å². The molecule has 0 amide bonds. The molecule has 8 nitrogen and oxygen atoms in total. The summed E-state index contributed by atoms with van der Waals surface area (Å²) >= 11 is 0. The van der Waals surface area contributed by atoms with Crippen molar-refractivity contribution in [3.63, 3.8) is 0 Å². The maximum Gasteiger partial charge on any atom is 0.358 e. The van der Waals surface area contributed by atoms with E-state index in [1.54, 1.807) is 24.3 Å². The number of aromatic carboxylic acids is 1. The Labute approximate surface area is 119 Å². The van der Waals surface area contributed by atoms with Crippen LogP contribution in [-0.2, 0) is 17.9 Å². The van der Waals surface area contributed by atoms with E-state index in [2.05, 4.69) is 10.3 Å². The van der Waals surface area contributed by atoms with E-state index in [9.17, 15) is 9.59 Å². The van der Waals surface area contributed by atoms with Crippen LogP contribution < -0.4 is 4.74 Å². The molecular weight excluding hydrogens is 278 g/mol. The average Bonchev–Trinajstić information content (AvgIpc) is 2.87. The maximum absolute atomic E-state index is 11.1. The number of aromatic nitrogens is 3. The van der Waals surface area contributed by atoms with Gasteiger partial charge in [0.2, 0.25) is 0 Å². The van der Waals surface area contributed by atoms with Gasteiger partial charge in [-0.15, -0.1) is 5.10 Å². The summed E-state index contributed by atoms with van der Waals surface area (Å²) in [6.45, 7) is -0.0264. The first kappa shape index (κ1) is 14.5. The van der Waals surface area contributed by atoms with Crippen molar-refractivity contribution < 1.29 is 24.5 Å². The van der Waals surface area contributed by atoms with Crippen molar-refractivity contribution in [2.24, 2.45) is 0 Å². The standard InChI is InChI=1S/C13H13N3O5/c17-11(18)6-7-16-10(12(13(19)20)14-15-16)8-21-9-4-2-1-3-5-9/h1-5H,6-8H2,(H,17,18)(H,19,20). The summed E-state index contributed by atoms with van der Waals surface area (Å²) in [6.07, 6.45) is -0.180. The van der Waals surface area contributed by atoms with Gasteiger partial charge in [-0.3, -0.25) is 4.79 Å². The highest BCUT2D eigenvalue weighted by Gasteiger charge is 2.19. The number of nitrogens with zero attached hydrogens (tertiary/aromatic N) is 3. The number of para-hydroxylation sites is 1. The molecule has 0 atom stereocenters. The van der Waals surface area contributed by atoms with Gasteiger partial charge in [-0.1, -0.05) is 23.4 Å². The lowest BCUT2D eigenvalue weighted by Crippen LogP contribution is -2.13. The van der Waals surface area contributed by atoms with Crippen LogP contribution in [0.4, 0.5) is 0 Å². The van der Waals surface area contributed by atoms with Gasteiger partial charge in [0.15, 0.2) is 5.69 Å². The van der Waals surface area contributed by atoms with Gasteiger partial charge in [-0.2, -0.15) is 0 Å². The minimum Gasteiger partial charge on any atom is -0.487 e. The Morgan fingerprint density at radius 1 is 1.19 bits per heavy atom. The number of carboxylic acid groups (broad SMARTS) is 2. The minimum absolute atomic E-state index is 0.0308. The highest BCUT2D eigenvalue weighted by molar-refractivity contribution is 5.86. The van der Waals surface area contributed by atoms with Crippen molar-refractivity contribution in [2.75, 3.05) is 0 Å². The van der Waals surface area contributed by atoms with Crippen LogP contribution >= 0.6 is 0 Å². The third-order valence-corrected chi connectivity index (χ3v) is 2.70. The fourth-order valence-corrected chi connectivity index (χ4v) is 1.69. The van der Waals surface area contributed by atoms with E-state index >= 15 is 0 Å². The molecule has 2 aromatic rings. The van der Waals surface area contributed by atoms with Crippen molar-refractivity contribution in [2.45, 2.75) is 19.6 Å². The van der Waals surface area contributed by atoms with E-state index in [0.29, 0.717) is 5.75 Å². The molecule has 0 fully saturated rings. The van der Waals surface area contributed by atoms with Crippen molar-refractivity contribution in [1.29, 1.82) is 0 Å². The molecule has 2 N–H and O–H groups in total. The van der Waals surface area contributed by atoms with E-state index in [0.717, 1.165) is 0 Å². The topological polar surface area (TPSA) is 115 Å². The highest BCUT2D eigenvalue weighted by Crippen LogP contribution is 2.14. The summed E-state index contributed by atoms with van der Waals surface area (Å²) in [6, 6.07) is 8.85. The molecule has 110 valence electrons. The molecule has 0 unspecified atom stereocenters. The van der Waals surface area contributed by atoms with Crippen molar-refractivity contribution in [1.82, 2.24) is 15.0 Å². The van der Waals surface area contributed by atoms with Gasteiger partial charge in [0, 0.05) is 0 Å². The van der Waals surface area contributed by atoms with Gasteiger partial charge >= 0.3 is 11.9 Å². The number of rotatable bonds is 7. The van der Waals surface area contributed by atoms with Crippen LogP contribution in [0.25, 0.3) is 0 Å². The van der Waals surface area contributed by atoms with Crippen LogP contribution in [0.1, 0.15) is 22.6 Å². The van der Waals surface area contributed by atoms with Gasteiger partial charge in [0.05, 0.1) is 13.0 Å². The Bertz CT molecular complexity index is 639. The summed E-state index contributed by atoms with van der Waals surface area (Å²) in [4.78, 5) is 21.7. The van der Waals surface area contributed by atoms with E-state index < -0.39 is 11.9 Å². The first-order valence-corrected chi connectivity index (χ1v) is 6.13. The molecule has 1 aromatic heterocycles. The van der Waals surface area contributed by atoms with E-state index in [-0.39, 0.29) is 31.0 Å². The molecule has 8 heteroatoms. The summed E-state index contributed by atoms with van der Waals surface area (Å²) < 4.78 is 6.71. The number of hydrogen-bond donors (Lipinski definition) is 2. The number of aryl methyl sites for hydroxylation is 1. The van der Waals surface area contributed by atoms with E-state index in [1.807, 2.05) is 6.07 Å². The predicted octanol–water partition coefficient (Wildman–Crippen LogP) is 1.03. The Hall–Kier alpha value is -2.90. The van der Waals surface area contributed by atoms with Gasteiger partial charge in [0.1, 0.15) is 18.1 Å². The summed E-state index contributed by atoms with van der Waals surface area (Å²) in [5.74, 6) is -1.67. The second-order valence-electron chi connectivity index (χ2n) is 4.16. The largest absolute Gasteiger partial charge is 0.487 e. The lowest BCUT2D eigenvalue weighted by atomic mass is 10.3. The van der Waals surface area contributed by atoms with Crippen LogP contribution in [0.3, 0.4) is 0 Å². The van der Waals surface area contributed by atoms with Crippen molar-refractivity contribution in [3.05, 3.63) is 41.7 Å². The number of benzene rings is 1. The molecule has 2 rings (SSSR count). The quantitative estimate of drug-likeness (QED) is 0.782. The zero-order valence-corrected chi connectivity index (χ0v) is 11.0. The second kappa shape index (κ2) is 6.51. The number of ether oxygens (including phenoxy) is 1. The molecule has 21 heavy (non-hydrogen) atoms. The monoisotopic (exact) mass is 291 g/mol. The fraction of sp³-hybridized carbons (Fsp3) is 0.231. The second-order valence-corrected chi connectivity index (χ2v) is 4.16. The van der Waals surface area contributed by atoms with Gasteiger partial charge in [0.25, 0.3) is 0 Å². The lowest BCUT2D eigenvalue weighted by Gasteiger charge is -2.08. The maximum atomic E-state index is 11.1. The van der Waals surface area contributed by atoms with E-state index in [4.69, 9.17) is 14.9 Å². The number of carbonyl (C=O) groups is 2. The SMILES string of the molecule is O=C(O)CCn1nnc(C(=O)O)c1COc1ccccc1. The Kier molecular flexibility index (Phi) is 4.50. The number of hydrogen-bond acceptors (Lipinski definition) is 5. The van der Waals surface area contributed by atoms with Crippen LogP contribution in [0.5, 0.6) is 5.75 Å². The average molecular weight is 291 g/mol. The Balaban J connectivity index is 2.16. The zero-order chi connectivity index (χ0) is 15.2.